The van der Waals surface area contributed by atoms with E-state index in [1.165, 1.54) is 7.11 Å². The number of halogens is 1. The van der Waals surface area contributed by atoms with Crippen LogP contribution in [0, 0.1) is 12.8 Å². The van der Waals surface area contributed by atoms with Crippen molar-refractivity contribution in [2.45, 2.75) is 20.8 Å². The predicted octanol–water partition coefficient (Wildman–Crippen LogP) is 3.92. The van der Waals surface area contributed by atoms with Crippen molar-refractivity contribution >= 4 is 23.2 Å². The molecule has 0 fully saturated rings. The number of carbonyl (C=O) groups excluding carboxylic acids is 1. The summed E-state index contributed by atoms with van der Waals surface area (Å²) < 4.78 is 12.7. The number of hydrogen-bond donors (Lipinski definition) is 1. The first kappa shape index (κ1) is 20.6. The van der Waals surface area contributed by atoms with Gasteiger partial charge >= 0.3 is 0 Å². The zero-order chi connectivity index (χ0) is 21.0. The number of tetrazole rings is 1. The molecule has 2 aromatic carbocycles. The molecule has 0 unspecified atom stereocenters. The van der Waals surface area contributed by atoms with E-state index in [2.05, 4.69) is 20.8 Å². The number of rotatable bonds is 7. The number of amides is 1. The molecule has 8 nitrogen and oxygen atoms in total. The van der Waals surface area contributed by atoms with Crippen LogP contribution < -0.4 is 14.8 Å². The number of nitrogens with one attached hydrogen (secondary N) is 1. The minimum absolute atomic E-state index is 0.313. The maximum absolute atomic E-state index is 12.8. The third-order valence-corrected chi connectivity index (χ3v) is 4.31. The summed E-state index contributed by atoms with van der Waals surface area (Å²) in [5, 5.41) is 14.6. The number of ether oxygens (including phenoxy) is 2. The van der Waals surface area contributed by atoms with Gasteiger partial charge in [-0.05, 0) is 53.6 Å². The van der Waals surface area contributed by atoms with Crippen molar-refractivity contribution in [2.75, 3.05) is 19.0 Å². The quantitative estimate of drug-likeness (QED) is 0.628. The summed E-state index contributed by atoms with van der Waals surface area (Å²) in [7, 11) is 1.51. The Morgan fingerprint density at radius 1 is 1.28 bits per heavy atom. The smallest absolute Gasteiger partial charge is 0.255 e. The largest absolute Gasteiger partial charge is 0.493 e. The molecule has 0 radical (unpaired) electrons. The number of carbonyl (C=O) groups is 1. The van der Waals surface area contributed by atoms with Crippen LogP contribution in [0.25, 0.3) is 5.69 Å². The van der Waals surface area contributed by atoms with Crippen molar-refractivity contribution in [3.05, 3.63) is 52.8 Å². The number of benzene rings is 2. The van der Waals surface area contributed by atoms with Gasteiger partial charge in [-0.1, -0.05) is 31.5 Å². The molecule has 1 amide bonds. The third-order valence-electron chi connectivity index (χ3n) is 4.03. The van der Waals surface area contributed by atoms with Gasteiger partial charge in [-0.3, -0.25) is 4.79 Å². The van der Waals surface area contributed by atoms with Crippen molar-refractivity contribution in [2.24, 2.45) is 5.92 Å². The van der Waals surface area contributed by atoms with E-state index in [0.717, 1.165) is 5.69 Å². The molecular formula is C20H22ClN5O3. The number of aryl methyl sites for hydroxylation is 1. The molecule has 0 bridgehead atoms. The van der Waals surface area contributed by atoms with E-state index in [9.17, 15) is 4.79 Å². The van der Waals surface area contributed by atoms with Gasteiger partial charge in [0.1, 0.15) is 0 Å². The molecule has 152 valence electrons. The summed E-state index contributed by atoms with van der Waals surface area (Å²) in [6, 6.07) is 10.4. The summed E-state index contributed by atoms with van der Waals surface area (Å²) in [5.74, 6) is 1.47. The maximum Gasteiger partial charge on any atom is 0.255 e. The lowest BCUT2D eigenvalue weighted by molar-refractivity contribution is 0.102. The van der Waals surface area contributed by atoms with Gasteiger partial charge in [-0.25, -0.2) is 0 Å². The molecule has 3 rings (SSSR count). The van der Waals surface area contributed by atoms with Crippen LogP contribution >= 0.6 is 11.6 Å². The average Bonchev–Trinajstić information content (AvgIpc) is 3.12. The molecule has 29 heavy (non-hydrogen) atoms. The fourth-order valence-electron chi connectivity index (χ4n) is 2.63. The van der Waals surface area contributed by atoms with Gasteiger partial charge < -0.3 is 14.8 Å². The van der Waals surface area contributed by atoms with E-state index in [-0.39, 0.29) is 5.91 Å². The number of nitrogens with zero attached hydrogens (tertiary/aromatic N) is 4. The number of methoxy groups -OCH3 is 1. The molecule has 0 atom stereocenters. The Hall–Kier alpha value is -3.13. The summed E-state index contributed by atoms with van der Waals surface area (Å²) in [4.78, 5) is 12.8. The molecule has 0 saturated heterocycles. The van der Waals surface area contributed by atoms with Crippen LogP contribution in [0.4, 0.5) is 5.69 Å². The van der Waals surface area contributed by atoms with E-state index in [0.29, 0.717) is 46.1 Å². The van der Waals surface area contributed by atoms with Gasteiger partial charge in [-0.2, -0.15) is 4.68 Å². The van der Waals surface area contributed by atoms with Gasteiger partial charge in [0.15, 0.2) is 17.3 Å². The molecule has 9 heteroatoms. The Morgan fingerprint density at radius 2 is 2.07 bits per heavy atom. The van der Waals surface area contributed by atoms with E-state index in [1.54, 1.807) is 35.9 Å². The fraction of sp³-hybridized carbons (Fsp3) is 0.300. The number of hydrogen-bond acceptors (Lipinski definition) is 6. The molecule has 1 aromatic heterocycles. The Morgan fingerprint density at radius 3 is 2.72 bits per heavy atom. The van der Waals surface area contributed by atoms with Crippen LogP contribution in [0.1, 0.15) is 30.0 Å². The van der Waals surface area contributed by atoms with Crippen molar-refractivity contribution < 1.29 is 14.3 Å². The topological polar surface area (TPSA) is 91.2 Å². The van der Waals surface area contributed by atoms with Crippen LogP contribution in [0.5, 0.6) is 11.5 Å². The number of anilines is 1. The second-order valence-corrected chi connectivity index (χ2v) is 7.24. The van der Waals surface area contributed by atoms with E-state index in [1.807, 2.05) is 26.0 Å². The lowest BCUT2D eigenvalue weighted by Crippen LogP contribution is -2.13. The second-order valence-electron chi connectivity index (χ2n) is 6.84. The summed E-state index contributed by atoms with van der Waals surface area (Å²) in [5.41, 5.74) is 1.68. The Kier molecular flexibility index (Phi) is 6.33. The second kappa shape index (κ2) is 8.91. The SMILES string of the molecule is COc1cc(C(=O)Nc2cccc(-n3nnnc3C)c2)cc(Cl)c1OCC(C)C. The van der Waals surface area contributed by atoms with E-state index < -0.39 is 0 Å². The highest BCUT2D eigenvalue weighted by atomic mass is 35.5. The fourth-order valence-corrected chi connectivity index (χ4v) is 2.90. The maximum atomic E-state index is 12.8. The lowest BCUT2D eigenvalue weighted by atomic mass is 10.1. The van der Waals surface area contributed by atoms with E-state index >= 15 is 0 Å². The summed E-state index contributed by atoms with van der Waals surface area (Å²) >= 11 is 6.34. The molecule has 0 saturated carbocycles. The van der Waals surface area contributed by atoms with Crippen LogP contribution in [0.3, 0.4) is 0 Å². The highest BCUT2D eigenvalue weighted by Crippen LogP contribution is 2.37. The first-order chi connectivity index (χ1) is 13.9. The first-order valence-corrected chi connectivity index (χ1v) is 9.44. The zero-order valence-electron chi connectivity index (χ0n) is 16.6. The van der Waals surface area contributed by atoms with Crippen molar-refractivity contribution in [3.63, 3.8) is 0 Å². The van der Waals surface area contributed by atoms with Gasteiger partial charge in [0.2, 0.25) is 0 Å². The minimum Gasteiger partial charge on any atom is -0.493 e. The van der Waals surface area contributed by atoms with Crippen molar-refractivity contribution in [3.8, 4) is 17.2 Å². The van der Waals surface area contributed by atoms with Crippen LogP contribution in [0.2, 0.25) is 5.02 Å². The van der Waals surface area contributed by atoms with Crippen molar-refractivity contribution in [1.82, 2.24) is 20.2 Å². The highest BCUT2D eigenvalue weighted by Gasteiger charge is 2.17. The molecule has 0 aliphatic rings. The molecule has 3 aromatic rings. The van der Waals surface area contributed by atoms with E-state index in [4.69, 9.17) is 21.1 Å². The highest BCUT2D eigenvalue weighted by molar-refractivity contribution is 6.32. The Balaban J connectivity index is 1.82. The van der Waals surface area contributed by atoms with Crippen molar-refractivity contribution in [1.29, 1.82) is 0 Å². The zero-order valence-corrected chi connectivity index (χ0v) is 17.4. The first-order valence-electron chi connectivity index (χ1n) is 9.06. The van der Waals surface area contributed by atoms with Crippen LogP contribution in [0.15, 0.2) is 36.4 Å². The normalized spacial score (nSPS) is 10.8. The molecule has 1 heterocycles. The minimum atomic E-state index is -0.328. The molecule has 0 aliphatic heterocycles. The Bertz CT molecular complexity index is 1020. The molecule has 0 aliphatic carbocycles. The monoisotopic (exact) mass is 415 g/mol. The van der Waals surface area contributed by atoms with Gasteiger partial charge in [0, 0.05) is 11.3 Å². The summed E-state index contributed by atoms with van der Waals surface area (Å²) in [6.07, 6.45) is 0. The lowest BCUT2D eigenvalue weighted by Gasteiger charge is -2.15. The van der Waals surface area contributed by atoms with Gasteiger partial charge in [0.25, 0.3) is 5.91 Å². The molecular weight excluding hydrogens is 394 g/mol. The number of aromatic nitrogens is 4. The Labute approximate surface area is 173 Å². The van der Waals surface area contributed by atoms with Crippen LogP contribution in [-0.4, -0.2) is 39.8 Å². The standard InChI is InChI=1S/C20H22ClN5O3/c1-12(2)11-29-19-17(21)8-14(9-18(19)28-4)20(27)22-15-6-5-7-16(10-15)26-13(3)23-24-25-26/h5-10,12H,11H2,1-4H3,(H,22,27). The average molecular weight is 416 g/mol. The molecule has 0 spiro atoms. The predicted molar refractivity (Wildman–Crippen MR) is 110 cm³/mol. The van der Waals surface area contributed by atoms with Gasteiger partial charge in [0.05, 0.1) is 24.4 Å². The summed E-state index contributed by atoms with van der Waals surface area (Å²) in [6.45, 7) is 6.35. The third kappa shape index (κ3) is 4.83. The molecule has 1 N–H and O–H groups in total. The van der Waals surface area contributed by atoms with Crippen LogP contribution in [-0.2, 0) is 0 Å². The van der Waals surface area contributed by atoms with Gasteiger partial charge in [-0.15, -0.1) is 5.10 Å².